The van der Waals surface area contributed by atoms with Crippen molar-refractivity contribution in [1.82, 2.24) is 0 Å². The molecule has 1 aromatic rings. The third kappa shape index (κ3) is 4.67. The molecule has 6 heteroatoms. The van der Waals surface area contributed by atoms with Crippen LogP contribution >= 0.6 is 11.6 Å². The van der Waals surface area contributed by atoms with Crippen molar-refractivity contribution in [1.29, 1.82) is 0 Å². The summed E-state index contributed by atoms with van der Waals surface area (Å²) >= 11 is 5.76. The van der Waals surface area contributed by atoms with Crippen LogP contribution in [-0.2, 0) is 21.8 Å². The minimum absolute atomic E-state index is 0.00398. The van der Waals surface area contributed by atoms with Gasteiger partial charge in [0.2, 0.25) is 0 Å². The lowest BCUT2D eigenvalue weighted by molar-refractivity contribution is -0.142. The monoisotopic (exact) mass is 292 g/mol. The van der Waals surface area contributed by atoms with Crippen molar-refractivity contribution < 1.29 is 23.0 Å². The maximum atomic E-state index is 12.3. The summed E-state index contributed by atoms with van der Waals surface area (Å²) in [6, 6.07) is 3.19. The van der Waals surface area contributed by atoms with E-state index in [1.165, 1.54) is 6.07 Å². The number of esters is 1. The van der Waals surface area contributed by atoms with Crippen LogP contribution in [0.3, 0.4) is 0 Å². The molecule has 0 bridgehead atoms. The number of alkyl halides is 3. The van der Waals surface area contributed by atoms with E-state index in [0.717, 1.165) is 0 Å². The molecule has 0 saturated carbocycles. The van der Waals surface area contributed by atoms with Crippen LogP contribution in [0.15, 0.2) is 12.1 Å². The summed E-state index contributed by atoms with van der Waals surface area (Å²) in [7, 11) is 0. The molecule has 0 aliphatic rings. The molecule has 0 N–H and O–H groups in total. The van der Waals surface area contributed by atoms with Gasteiger partial charge in [0.1, 0.15) is 5.75 Å². The van der Waals surface area contributed by atoms with Crippen LogP contribution in [-0.4, -0.2) is 19.2 Å². The first-order valence-electron chi connectivity index (χ1n) is 5.76. The largest absolute Gasteiger partial charge is 0.466 e. The first-order chi connectivity index (χ1) is 8.97. The molecule has 0 aliphatic carbocycles. The lowest BCUT2D eigenvalue weighted by Gasteiger charge is -2.14. The number of benzene rings is 1. The van der Waals surface area contributed by atoms with Crippen molar-refractivity contribution in [2.24, 2.45) is 0 Å². The Kier molecular flexibility index (Phi) is 6.02. The van der Waals surface area contributed by atoms with Crippen molar-refractivity contribution in [3.8, 4) is 5.75 Å². The van der Waals surface area contributed by atoms with Crippen molar-refractivity contribution in [3.05, 3.63) is 28.8 Å². The van der Waals surface area contributed by atoms with E-state index in [-0.39, 0.29) is 24.7 Å². The molecule has 0 fully saturated rings. The Morgan fingerprint density at radius 2 is 2.11 bits per heavy atom. The Morgan fingerprint density at radius 3 is 2.63 bits per heavy atom. The van der Waals surface area contributed by atoms with Crippen LogP contribution in [0.4, 0.5) is 8.78 Å². The topological polar surface area (TPSA) is 35.5 Å². The van der Waals surface area contributed by atoms with Crippen molar-refractivity contribution in [2.45, 2.75) is 32.8 Å². The maximum absolute atomic E-state index is 12.3. The van der Waals surface area contributed by atoms with E-state index in [2.05, 4.69) is 4.74 Å². The van der Waals surface area contributed by atoms with E-state index in [1.54, 1.807) is 19.9 Å². The van der Waals surface area contributed by atoms with Gasteiger partial charge < -0.3 is 9.47 Å². The van der Waals surface area contributed by atoms with Gasteiger partial charge in [-0.05, 0) is 31.0 Å². The van der Waals surface area contributed by atoms with Crippen LogP contribution < -0.4 is 4.74 Å². The maximum Gasteiger partial charge on any atom is 0.387 e. The average Bonchev–Trinajstić information content (AvgIpc) is 2.27. The van der Waals surface area contributed by atoms with Gasteiger partial charge in [0.05, 0.1) is 18.9 Å². The van der Waals surface area contributed by atoms with Gasteiger partial charge in [-0.2, -0.15) is 8.78 Å². The zero-order chi connectivity index (χ0) is 14.4. The lowest BCUT2D eigenvalue weighted by Crippen LogP contribution is -2.11. The third-order valence-electron chi connectivity index (χ3n) is 2.44. The number of carbonyl (C=O) groups excluding carboxylic acids is 1. The van der Waals surface area contributed by atoms with Gasteiger partial charge in [0.25, 0.3) is 0 Å². The number of ether oxygens (including phenoxy) is 2. The molecule has 0 unspecified atom stereocenters. The van der Waals surface area contributed by atoms with E-state index in [0.29, 0.717) is 16.7 Å². The van der Waals surface area contributed by atoms with Crippen molar-refractivity contribution in [3.63, 3.8) is 0 Å². The molecular weight excluding hydrogens is 278 g/mol. The fraction of sp³-hybridized carbons (Fsp3) is 0.462. The van der Waals surface area contributed by atoms with Crippen LogP contribution in [0.25, 0.3) is 0 Å². The minimum Gasteiger partial charge on any atom is -0.466 e. The Hall–Kier alpha value is -1.36. The average molecular weight is 293 g/mol. The van der Waals surface area contributed by atoms with Gasteiger partial charge in [-0.25, -0.2) is 0 Å². The number of hydrogen-bond acceptors (Lipinski definition) is 3. The first kappa shape index (κ1) is 15.7. The Balaban J connectivity index is 3.08. The SMILES string of the molecule is CCOC(=O)Cc1cc(C)cc(OC(F)F)c1CCl. The molecular formula is C13H15ClF2O3. The summed E-state index contributed by atoms with van der Waals surface area (Å²) in [5.41, 5.74) is 1.65. The number of hydrogen-bond donors (Lipinski definition) is 0. The van der Waals surface area contributed by atoms with Gasteiger partial charge in [-0.15, -0.1) is 11.6 Å². The summed E-state index contributed by atoms with van der Waals surface area (Å²) < 4.78 is 33.9. The van der Waals surface area contributed by atoms with Gasteiger partial charge in [-0.3, -0.25) is 4.79 Å². The quantitative estimate of drug-likeness (QED) is 0.595. The van der Waals surface area contributed by atoms with E-state index < -0.39 is 12.6 Å². The number of aryl methyl sites for hydroxylation is 1. The first-order valence-corrected chi connectivity index (χ1v) is 6.30. The molecule has 0 aliphatic heterocycles. The standard InChI is InChI=1S/C13H15ClF2O3/c1-3-18-12(17)6-9-4-8(2)5-11(10(9)7-14)19-13(15)16/h4-5,13H,3,6-7H2,1-2H3. The Bertz CT molecular complexity index is 450. The van der Waals surface area contributed by atoms with Crippen LogP contribution in [0.2, 0.25) is 0 Å². The summed E-state index contributed by atoms with van der Waals surface area (Å²) in [5, 5.41) is 0. The summed E-state index contributed by atoms with van der Waals surface area (Å²) in [6.07, 6.45) is -0.0167. The van der Waals surface area contributed by atoms with E-state index in [1.807, 2.05) is 0 Å². The van der Waals surface area contributed by atoms with Gasteiger partial charge in [-0.1, -0.05) is 6.07 Å². The molecule has 3 nitrogen and oxygen atoms in total. The number of halogens is 3. The number of carbonyl (C=O) groups is 1. The molecule has 106 valence electrons. The molecule has 0 amide bonds. The molecule has 0 spiro atoms. The molecule has 0 saturated heterocycles. The summed E-state index contributed by atoms with van der Waals surface area (Å²) in [5.74, 6) is -0.441. The predicted molar refractivity (Wildman–Crippen MR) is 67.7 cm³/mol. The fourth-order valence-electron chi connectivity index (χ4n) is 1.73. The zero-order valence-electron chi connectivity index (χ0n) is 10.7. The van der Waals surface area contributed by atoms with Crippen LogP contribution in [0.5, 0.6) is 5.75 Å². The molecule has 1 aromatic carbocycles. The molecule has 19 heavy (non-hydrogen) atoms. The van der Waals surface area contributed by atoms with Gasteiger partial charge in [0, 0.05) is 5.56 Å². The summed E-state index contributed by atoms with van der Waals surface area (Å²) in [6.45, 7) is 0.757. The highest BCUT2D eigenvalue weighted by atomic mass is 35.5. The Morgan fingerprint density at radius 1 is 1.42 bits per heavy atom. The predicted octanol–water partition coefficient (Wildman–Crippen LogP) is 3.44. The second-order valence-electron chi connectivity index (χ2n) is 3.89. The normalized spacial score (nSPS) is 10.6. The van der Waals surface area contributed by atoms with Crippen LogP contribution in [0, 0.1) is 6.92 Å². The Labute approximate surface area is 115 Å². The van der Waals surface area contributed by atoms with Gasteiger partial charge >= 0.3 is 12.6 Å². The third-order valence-corrected chi connectivity index (χ3v) is 2.70. The van der Waals surface area contributed by atoms with Crippen LogP contribution in [0.1, 0.15) is 23.6 Å². The highest BCUT2D eigenvalue weighted by Crippen LogP contribution is 2.28. The smallest absolute Gasteiger partial charge is 0.387 e. The molecule has 1 rings (SSSR count). The van der Waals surface area contributed by atoms with E-state index in [9.17, 15) is 13.6 Å². The number of rotatable bonds is 6. The minimum atomic E-state index is -2.93. The second-order valence-corrected chi connectivity index (χ2v) is 4.16. The van der Waals surface area contributed by atoms with Crippen molar-refractivity contribution >= 4 is 17.6 Å². The zero-order valence-corrected chi connectivity index (χ0v) is 11.5. The van der Waals surface area contributed by atoms with E-state index >= 15 is 0 Å². The molecule has 0 radical (unpaired) electrons. The fourth-order valence-corrected chi connectivity index (χ4v) is 2.04. The molecule has 0 heterocycles. The second kappa shape index (κ2) is 7.28. The highest BCUT2D eigenvalue weighted by Gasteiger charge is 2.16. The molecule has 0 aromatic heterocycles. The van der Waals surface area contributed by atoms with Gasteiger partial charge in [0.15, 0.2) is 0 Å². The lowest BCUT2D eigenvalue weighted by atomic mass is 10.0. The van der Waals surface area contributed by atoms with Crippen molar-refractivity contribution in [2.75, 3.05) is 6.61 Å². The highest BCUT2D eigenvalue weighted by molar-refractivity contribution is 6.17. The summed E-state index contributed by atoms with van der Waals surface area (Å²) in [4.78, 5) is 11.5. The molecule has 0 atom stereocenters. The van der Waals surface area contributed by atoms with E-state index in [4.69, 9.17) is 16.3 Å².